The fourth-order valence-corrected chi connectivity index (χ4v) is 3.23. The van der Waals surface area contributed by atoms with Crippen molar-refractivity contribution in [3.8, 4) is 0 Å². The van der Waals surface area contributed by atoms with Crippen LogP contribution in [0.2, 0.25) is 0 Å². The van der Waals surface area contributed by atoms with E-state index in [1.807, 2.05) is 0 Å². The van der Waals surface area contributed by atoms with Crippen molar-refractivity contribution in [2.24, 2.45) is 5.73 Å². The van der Waals surface area contributed by atoms with Gasteiger partial charge in [-0.3, -0.25) is 4.79 Å². The van der Waals surface area contributed by atoms with Crippen molar-refractivity contribution in [3.05, 3.63) is 29.8 Å². The van der Waals surface area contributed by atoms with Crippen molar-refractivity contribution in [1.29, 1.82) is 0 Å². The summed E-state index contributed by atoms with van der Waals surface area (Å²) in [7, 11) is -3.22. The van der Waals surface area contributed by atoms with Gasteiger partial charge >= 0.3 is 0 Å². The highest BCUT2D eigenvalue weighted by atomic mass is 35.5. The molecule has 1 aromatic rings. The molecule has 2 rings (SSSR count). The van der Waals surface area contributed by atoms with Gasteiger partial charge in [-0.05, 0) is 37.1 Å². The molecule has 118 valence electrons. The normalized spacial score (nSPS) is 19.0. The molecule has 1 aliphatic rings. The summed E-state index contributed by atoms with van der Waals surface area (Å²) < 4.78 is 23.4. The summed E-state index contributed by atoms with van der Waals surface area (Å²) in [6.45, 7) is 2.87. The zero-order valence-corrected chi connectivity index (χ0v) is 13.6. The van der Waals surface area contributed by atoms with Crippen LogP contribution in [-0.4, -0.2) is 44.1 Å². The molecule has 1 aromatic carbocycles. The molecule has 1 heterocycles. The Morgan fingerprint density at radius 3 is 2.48 bits per heavy atom. The molecule has 0 saturated carbocycles. The van der Waals surface area contributed by atoms with Crippen LogP contribution in [0, 0.1) is 0 Å². The lowest BCUT2D eigenvalue weighted by atomic mass is 10.1. The first-order valence-electron chi connectivity index (χ1n) is 6.81. The lowest BCUT2D eigenvalue weighted by Gasteiger charge is -2.30. The lowest BCUT2D eigenvalue weighted by Crippen LogP contribution is -2.45. The van der Waals surface area contributed by atoms with E-state index in [1.165, 1.54) is 12.1 Å². The van der Waals surface area contributed by atoms with Gasteiger partial charge in [0.15, 0.2) is 9.84 Å². The van der Waals surface area contributed by atoms with Crippen LogP contribution in [0.15, 0.2) is 29.2 Å². The Bertz CT molecular complexity index is 587. The SMILES string of the molecule is CCS(=O)(=O)c1ccc(C(=O)N2CCCC(N)C2)cc1.Cl. The molecule has 1 aliphatic heterocycles. The number of hydrogen-bond acceptors (Lipinski definition) is 4. The van der Waals surface area contributed by atoms with Gasteiger partial charge in [0.1, 0.15) is 0 Å². The van der Waals surface area contributed by atoms with E-state index < -0.39 is 9.84 Å². The van der Waals surface area contributed by atoms with E-state index in [0.29, 0.717) is 18.7 Å². The third-order valence-electron chi connectivity index (χ3n) is 3.59. The first-order chi connectivity index (χ1) is 9.44. The molecule has 1 atom stereocenters. The Hall–Kier alpha value is -1.11. The molecule has 1 unspecified atom stereocenters. The highest BCUT2D eigenvalue weighted by molar-refractivity contribution is 7.91. The molecular weight excluding hydrogens is 312 g/mol. The minimum atomic E-state index is -3.22. The van der Waals surface area contributed by atoms with Crippen LogP contribution in [-0.2, 0) is 9.84 Å². The quantitative estimate of drug-likeness (QED) is 0.908. The molecule has 5 nitrogen and oxygen atoms in total. The molecule has 1 fully saturated rings. The van der Waals surface area contributed by atoms with Crippen LogP contribution in [0.1, 0.15) is 30.1 Å². The van der Waals surface area contributed by atoms with Crippen LogP contribution in [0.25, 0.3) is 0 Å². The highest BCUT2D eigenvalue weighted by Crippen LogP contribution is 2.16. The fourth-order valence-electron chi connectivity index (χ4n) is 2.35. The smallest absolute Gasteiger partial charge is 0.253 e. The monoisotopic (exact) mass is 332 g/mol. The predicted molar refractivity (Wildman–Crippen MR) is 84.5 cm³/mol. The van der Waals surface area contributed by atoms with Crippen LogP contribution >= 0.6 is 12.4 Å². The summed E-state index contributed by atoms with van der Waals surface area (Å²) in [5, 5.41) is 0. The maximum Gasteiger partial charge on any atom is 0.253 e. The van der Waals surface area contributed by atoms with E-state index in [0.717, 1.165) is 12.8 Å². The molecule has 0 aliphatic carbocycles. The molecule has 21 heavy (non-hydrogen) atoms. The first kappa shape index (κ1) is 17.9. The van der Waals surface area contributed by atoms with Crippen LogP contribution in [0.4, 0.5) is 0 Å². The Morgan fingerprint density at radius 2 is 1.95 bits per heavy atom. The molecule has 1 saturated heterocycles. The van der Waals surface area contributed by atoms with Gasteiger partial charge in [-0.15, -0.1) is 12.4 Å². The molecule has 0 spiro atoms. The van der Waals surface area contributed by atoms with Gasteiger partial charge in [0.25, 0.3) is 5.91 Å². The van der Waals surface area contributed by atoms with Crippen molar-refractivity contribution >= 4 is 28.2 Å². The average Bonchev–Trinajstić information content (AvgIpc) is 2.46. The number of piperidine rings is 1. The Labute approximate surface area is 131 Å². The van der Waals surface area contributed by atoms with Gasteiger partial charge in [-0.1, -0.05) is 6.92 Å². The van der Waals surface area contributed by atoms with Crippen molar-refractivity contribution < 1.29 is 13.2 Å². The summed E-state index contributed by atoms with van der Waals surface area (Å²) in [6.07, 6.45) is 1.85. The van der Waals surface area contributed by atoms with Gasteiger partial charge in [-0.2, -0.15) is 0 Å². The van der Waals surface area contributed by atoms with Gasteiger partial charge in [-0.25, -0.2) is 8.42 Å². The van der Waals surface area contributed by atoms with Crippen LogP contribution in [0.5, 0.6) is 0 Å². The van der Waals surface area contributed by atoms with Crippen molar-refractivity contribution in [3.63, 3.8) is 0 Å². The molecule has 0 aromatic heterocycles. The number of nitrogens with two attached hydrogens (primary N) is 1. The van der Waals surface area contributed by atoms with Crippen molar-refractivity contribution in [2.45, 2.75) is 30.7 Å². The standard InChI is InChI=1S/C14H20N2O3S.ClH/c1-2-20(18,19)13-7-5-11(6-8-13)14(17)16-9-3-4-12(15)10-16;/h5-8,12H,2-4,9-10,15H2,1H3;1H. The first-order valence-corrected chi connectivity index (χ1v) is 8.47. The Balaban J connectivity index is 0.00000220. The minimum absolute atomic E-state index is 0. The summed E-state index contributed by atoms with van der Waals surface area (Å²) in [4.78, 5) is 14.3. The van der Waals surface area contributed by atoms with E-state index in [2.05, 4.69) is 0 Å². The predicted octanol–water partition coefficient (Wildman–Crippen LogP) is 1.47. The van der Waals surface area contributed by atoms with Gasteiger partial charge in [0.05, 0.1) is 10.6 Å². The second-order valence-corrected chi connectivity index (χ2v) is 7.36. The van der Waals surface area contributed by atoms with E-state index in [9.17, 15) is 13.2 Å². The summed E-state index contributed by atoms with van der Waals surface area (Å²) in [5.74, 6) is -0.0260. The number of sulfone groups is 1. The zero-order chi connectivity index (χ0) is 14.8. The van der Waals surface area contributed by atoms with Crippen LogP contribution in [0.3, 0.4) is 0 Å². The molecule has 7 heteroatoms. The van der Waals surface area contributed by atoms with Gasteiger partial charge in [0, 0.05) is 24.7 Å². The van der Waals surface area contributed by atoms with Gasteiger partial charge < -0.3 is 10.6 Å². The minimum Gasteiger partial charge on any atom is -0.337 e. The zero-order valence-electron chi connectivity index (χ0n) is 12.0. The van der Waals surface area contributed by atoms with Crippen LogP contribution < -0.4 is 5.73 Å². The molecule has 2 N–H and O–H groups in total. The fraction of sp³-hybridized carbons (Fsp3) is 0.500. The number of carbonyl (C=O) groups is 1. The number of rotatable bonds is 3. The number of nitrogens with zero attached hydrogens (tertiary/aromatic N) is 1. The topological polar surface area (TPSA) is 80.5 Å². The number of likely N-dealkylation sites (tertiary alicyclic amines) is 1. The molecular formula is C14H21ClN2O3S. The van der Waals surface area contributed by atoms with E-state index in [1.54, 1.807) is 24.0 Å². The third-order valence-corrected chi connectivity index (χ3v) is 5.34. The van der Waals surface area contributed by atoms with Crippen molar-refractivity contribution in [2.75, 3.05) is 18.8 Å². The largest absolute Gasteiger partial charge is 0.337 e. The number of halogens is 1. The summed E-state index contributed by atoms with van der Waals surface area (Å²) in [5.41, 5.74) is 6.38. The number of hydrogen-bond donors (Lipinski definition) is 1. The Morgan fingerprint density at radius 1 is 1.33 bits per heavy atom. The Kier molecular flexibility index (Phi) is 6.19. The summed E-state index contributed by atoms with van der Waals surface area (Å²) >= 11 is 0. The molecule has 1 amide bonds. The number of amides is 1. The average molecular weight is 333 g/mol. The maximum atomic E-state index is 12.3. The molecule has 0 radical (unpaired) electrons. The third kappa shape index (κ3) is 4.18. The molecule has 0 bridgehead atoms. The maximum absolute atomic E-state index is 12.3. The second kappa shape index (κ2) is 7.24. The highest BCUT2D eigenvalue weighted by Gasteiger charge is 2.22. The van der Waals surface area contributed by atoms with E-state index in [4.69, 9.17) is 5.73 Å². The van der Waals surface area contributed by atoms with E-state index in [-0.39, 0.29) is 35.0 Å². The lowest BCUT2D eigenvalue weighted by molar-refractivity contribution is 0.0708. The van der Waals surface area contributed by atoms with Gasteiger partial charge in [0.2, 0.25) is 0 Å². The summed E-state index contributed by atoms with van der Waals surface area (Å²) in [6, 6.07) is 6.18. The van der Waals surface area contributed by atoms with E-state index >= 15 is 0 Å². The number of benzene rings is 1. The number of carbonyl (C=O) groups excluding carboxylic acids is 1. The van der Waals surface area contributed by atoms with Crippen molar-refractivity contribution in [1.82, 2.24) is 4.90 Å². The second-order valence-electron chi connectivity index (χ2n) is 5.08.